The lowest BCUT2D eigenvalue weighted by Gasteiger charge is -2.13. The van der Waals surface area contributed by atoms with E-state index in [1.807, 2.05) is 26.1 Å². The van der Waals surface area contributed by atoms with Gasteiger partial charge in [0.05, 0.1) is 10.5 Å². The molecule has 0 aliphatic rings. The van der Waals surface area contributed by atoms with E-state index in [1.54, 1.807) is 0 Å². The molecule has 2 aromatic rings. The number of anilines is 1. The fourth-order valence-corrected chi connectivity index (χ4v) is 2.54. The van der Waals surface area contributed by atoms with Crippen LogP contribution in [0, 0.1) is 13.8 Å². The quantitative estimate of drug-likeness (QED) is 0.849. The number of rotatable bonds is 1. The van der Waals surface area contributed by atoms with Crippen molar-refractivity contribution in [1.29, 1.82) is 0 Å². The van der Waals surface area contributed by atoms with Crippen LogP contribution >= 0.6 is 27.5 Å². The van der Waals surface area contributed by atoms with Crippen molar-refractivity contribution in [3.8, 4) is 0 Å². The Labute approximate surface area is 108 Å². The van der Waals surface area contributed by atoms with Gasteiger partial charge in [-0.15, -0.1) is 0 Å². The molecule has 1 N–H and O–H groups in total. The lowest BCUT2D eigenvalue weighted by atomic mass is 10.1. The summed E-state index contributed by atoms with van der Waals surface area (Å²) >= 11 is 9.71. The molecule has 16 heavy (non-hydrogen) atoms. The second kappa shape index (κ2) is 4.22. The molecule has 1 aromatic carbocycles. The number of hydrogen-bond donors (Lipinski definition) is 1. The van der Waals surface area contributed by atoms with Crippen LogP contribution in [0.25, 0.3) is 10.9 Å². The van der Waals surface area contributed by atoms with Crippen LogP contribution in [0.4, 0.5) is 5.69 Å². The number of hydrogen-bond acceptors (Lipinski definition) is 2. The normalized spacial score (nSPS) is 10.8. The summed E-state index contributed by atoms with van der Waals surface area (Å²) in [7, 11) is 1.91. The Kier molecular flexibility index (Phi) is 3.08. The third-order valence-electron chi connectivity index (χ3n) is 2.78. The zero-order valence-electron chi connectivity index (χ0n) is 9.36. The van der Waals surface area contributed by atoms with Crippen LogP contribution in [-0.2, 0) is 0 Å². The molecule has 0 spiro atoms. The third-order valence-corrected chi connectivity index (χ3v) is 3.74. The first-order valence-electron chi connectivity index (χ1n) is 4.99. The zero-order valence-corrected chi connectivity index (χ0v) is 11.7. The molecule has 0 aliphatic heterocycles. The lowest BCUT2D eigenvalue weighted by molar-refractivity contribution is 1.19. The van der Waals surface area contributed by atoms with Gasteiger partial charge in [-0.2, -0.15) is 0 Å². The molecular weight excluding hydrogens is 288 g/mol. The minimum Gasteiger partial charge on any atom is -0.387 e. The first-order valence-corrected chi connectivity index (χ1v) is 6.16. The van der Waals surface area contributed by atoms with Crippen molar-refractivity contribution in [2.45, 2.75) is 13.8 Å². The van der Waals surface area contributed by atoms with Crippen molar-refractivity contribution < 1.29 is 0 Å². The summed E-state index contributed by atoms with van der Waals surface area (Å²) in [6.45, 7) is 4.05. The van der Waals surface area contributed by atoms with Gasteiger partial charge < -0.3 is 5.32 Å². The second-order valence-electron chi connectivity index (χ2n) is 3.70. The van der Waals surface area contributed by atoms with Crippen molar-refractivity contribution >= 4 is 44.1 Å². The molecule has 0 amide bonds. The Morgan fingerprint density at radius 3 is 2.62 bits per heavy atom. The zero-order chi connectivity index (χ0) is 11.9. The monoisotopic (exact) mass is 298 g/mol. The van der Waals surface area contributed by atoms with E-state index in [-0.39, 0.29) is 0 Å². The first kappa shape index (κ1) is 11.7. The van der Waals surface area contributed by atoms with E-state index in [2.05, 4.69) is 33.2 Å². The van der Waals surface area contributed by atoms with Gasteiger partial charge in [0.15, 0.2) is 0 Å². The van der Waals surface area contributed by atoms with E-state index in [1.165, 1.54) is 0 Å². The number of benzene rings is 1. The van der Waals surface area contributed by atoms with Gasteiger partial charge in [0.2, 0.25) is 0 Å². The Bertz CT molecular complexity index is 567. The van der Waals surface area contributed by atoms with E-state index in [4.69, 9.17) is 11.6 Å². The summed E-state index contributed by atoms with van der Waals surface area (Å²) in [5.41, 5.74) is 4.06. The number of halogens is 2. The average molecular weight is 300 g/mol. The first-order chi connectivity index (χ1) is 7.56. The van der Waals surface area contributed by atoms with Crippen LogP contribution in [0.1, 0.15) is 11.3 Å². The number of nitrogens with one attached hydrogen (secondary N) is 1. The molecule has 2 rings (SSSR count). The average Bonchev–Trinajstić information content (AvgIpc) is 2.26. The van der Waals surface area contributed by atoms with Crippen LogP contribution < -0.4 is 5.32 Å². The predicted molar refractivity (Wildman–Crippen MR) is 73.5 cm³/mol. The largest absolute Gasteiger partial charge is 0.387 e. The third kappa shape index (κ3) is 1.68. The van der Waals surface area contributed by atoms with Gasteiger partial charge in [0, 0.05) is 28.3 Å². The second-order valence-corrected chi connectivity index (χ2v) is 4.96. The fourth-order valence-electron chi connectivity index (χ4n) is 1.82. The molecule has 0 bridgehead atoms. The maximum atomic E-state index is 6.17. The maximum Gasteiger partial charge on any atom is 0.0923 e. The fraction of sp³-hybridized carbons (Fsp3) is 0.250. The van der Waals surface area contributed by atoms with Crippen LogP contribution in [0.3, 0.4) is 0 Å². The summed E-state index contributed by atoms with van der Waals surface area (Å²) in [6, 6.07) is 3.80. The molecule has 84 valence electrons. The summed E-state index contributed by atoms with van der Waals surface area (Å²) in [5, 5.41) is 4.94. The molecule has 1 heterocycles. The molecule has 0 fully saturated rings. The molecule has 0 radical (unpaired) electrons. The minimum absolute atomic E-state index is 0.679. The molecule has 0 saturated heterocycles. The van der Waals surface area contributed by atoms with Gasteiger partial charge in [-0.05, 0) is 31.5 Å². The van der Waals surface area contributed by atoms with Gasteiger partial charge in [0.25, 0.3) is 0 Å². The highest BCUT2D eigenvalue weighted by Gasteiger charge is 2.13. The molecule has 4 heteroatoms. The van der Waals surface area contributed by atoms with E-state index < -0.39 is 0 Å². The number of aryl methyl sites for hydroxylation is 1. The highest BCUT2D eigenvalue weighted by atomic mass is 79.9. The number of nitrogens with zero attached hydrogens (tertiary/aromatic N) is 1. The van der Waals surface area contributed by atoms with E-state index in [0.717, 1.165) is 32.3 Å². The van der Waals surface area contributed by atoms with Crippen molar-refractivity contribution in [2.24, 2.45) is 0 Å². The molecule has 0 aliphatic carbocycles. The number of fused-ring (bicyclic) bond motifs is 1. The van der Waals surface area contributed by atoms with E-state index >= 15 is 0 Å². The van der Waals surface area contributed by atoms with Gasteiger partial charge in [-0.1, -0.05) is 27.5 Å². The Hall–Kier alpha value is -0.800. The van der Waals surface area contributed by atoms with Gasteiger partial charge >= 0.3 is 0 Å². The van der Waals surface area contributed by atoms with Crippen LogP contribution in [0.2, 0.25) is 5.02 Å². The van der Waals surface area contributed by atoms with Crippen molar-refractivity contribution in [2.75, 3.05) is 12.4 Å². The van der Waals surface area contributed by atoms with Crippen LogP contribution in [0.15, 0.2) is 16.6 Å². The van der Waals surface area contributed by atoms with E-state index in [9.17, 15) is 0 Å². The van der Waals surface area contributed by atoms with Crippen LogP contribution in [-0.4, -0.2) is 12.0 Å². The minimum atomic E-state index is 0.679. The van der Waals surface area contributed by atoms with Gasteiger partial charge in [-0.25, -0.2) is 0 Å². The van der Waals surface area contributed by atoms with Gasteiger partial charge in [-0.3, -0.25) is 4.98 Å². The van der Waals surface area contributed by atoms with Crippen molar-refractivity contribution in [3.05, 3.63) is 32.9 Å². The molecule has 0 unspecified atom stereocenters. The van der Waals surface area contributed by atoms with Crippen LogP contribution in [0.5, 0.6) is 0 Å². The lowest BCUT2D eigenvalue weighted by Crippen LogP contribution is -1.99. The maximum absolute atomic E-state index is 6.17. The summed E-state index contributed by atoms with van der Waals surface area (Å²) < 4.78 is 1.01. The number of pyridine rings is 1. The van der Waals surface area contributed by atoms with Gasteiger partial charge in [0.1, 0.15) is 0 Å². The highest BCUT2D eigenvalue weighted by molar-refractivity contribution is 9.10. The van der Waals surface area contributed by atoms with E-state index in [0.29, 0.717) is 5.02 Å². The standard InChI is InChI=1S/C12H12BrClN2/c1-6-7(2)16-12-9(14)5-4-8(13)10(12)11(6)15-3/h4-5H,1-3H3,(H,15,16). The molecule has 0 atom stereocenters. The molecule has 2 nitrogen and oxygen atoms in total. The van der Waals surface area contributed by atoms with Crippen molar-refractivity contribution in [3.63, 3.8) is 0 Å². The molecule has 1 aromatic heterocycles. The highest BCUT2D eigenvalue weighted by Crippen LogP contribution is 2.36. The smallest absolute Gasteiger partial charge is 0.0923 e. The summed E-state index contributed by atoms with van der Waals surface area (Å²) in [5.74, 6) is 0. The topological polar surface area (TPSA) is 24.9 Å². The van der Waals surface area contributed by atoms with Crippen molar-refractivity contribution in [1.82, 2.24) is 4.98 Å². The Morgan fingerprint density at radius 2 is 2.00 bits per heavy atom. The SMILES string of the molecule is CNc1c(C)c(C)nc2c(Cl)ccc(Br)c12. The molecule has 0 saturated carbocycles. The summed E-state index contributed by atoms with van der Waals surface area (Å²) in [4.78, 5) is 4.54. The Morgan fingerprint density at radius 1 is 1.31 bits per heavy atom. The number of aromatic nitrogens is 1. The molecular formula is C12H12BrClN2. The predicted octanol–water partition coefficient (Wildman–Crippen LogP) is 4.31. The summed E-state index contributed by atoms with van der Waals surface area (Å²) in [6.07, 6.45) is 0. The Balaban J connectivity index is 3.02.